The van der Waals surface area contributed by atoms with Crippen molar-refractivity contribution < 1.29 is 5.11 Å². The molecule has 0 unspecified atom stereocenters. The highest BCUT2D eigenvalue weighted by atomic mass is 32.1. The maximum absolute atomic E-state index is 8.67. The largest absolute Gasteiger partial charge is 0.516 e. The van der Waals surface area contributed by atoms with Gasteiger partial charge in [0.05, 0.1) is 11.1 Å². The lowest BCUT2D eigenvalue weighted by Crippen LogP contribution is -1.98. The Bertz CT molecular complexity index is 527. The number of thiocarbonyl (C=S) groups is 1. The van der Waals surface area contributed by atoms with Crippen LogP contribution in [0.4, 0.5) is 0 Å². The van der Waals surface area contributed by atoms with Gasteiger partial charge in [-0.1, -0.05) is 66.8 Å². The standard InChI is InChI=1S/C15H12OS/c16-11-10-12-6-8-14(9-7-12)15(17)13-4-2-1-3-5-13/h1-11,16H. The van der Waals surface area contributed by atoms with E-state index in [-0.39, 0.29) is 0 Å². The zero-order chi connectivity index (χ0) is 12.1. The highest BCUT2D eigenvalue weighted by Gasteiger charge is 2.02. The van der Waals surface area contributed by atoms with Crippen molar-refractivity contribution in [3.8, 4) is 0 Å². The van der Waals surface area contributed by atoms with E-state index >= 15 is 0 Å². The molecule has 0 heterocycles. The summed E-state index contributed by atoms with van der Waals surface area (Å²) in [6, 6.07) is 17.7. The van der Waals surface area contributed by atoms with Crippen LogP contribution in [0.3, 0.4) is 0 Å². The molecule has 0 bridgehead atoms. The lowest BCUT2D eigenvalue weighted by molar-refractivity contribution is 0.478. The molecule has 1 nitrogen and oxygen atoms in total. The Balaban J connectivity index is 2.26. The molecule has 2 aromatic carbocycles. The van der Waals surface area contributed by atoms with Gasteiger partial charge in [0, 0.05) is 0 Å². The van der Waals surface area contributed by atoms with Crippen molar-refractivity contribution >= 4 is 23.2 Å². The summed E-state index contributed by atoms with van der Waals surface area (Å²) >= 11 is 5.43. The van der Waals surface area contributed by atoms with Gasteiger partial charge in [0.25, 0.3) is 0 Å². The van der Waals surface area contributed by atoms with Crippen LogP contribution in [-0.4, -0.2) is 9.97 Å². The Labute approximate surface area is 106 Å². The molecule has 0 aliphatic heterocycles. The average molecular weight is 240 g/mol. The minimum absolute atomic E-state index is 0.838. The number of rotatable bonds is 3. The smallest absolute Gasteiger partial charge is 0.0797 e. The van der Waals surface area contributed by atoms with Gasteiger partial charge in [0.2, 0.25) is 0 Å². The Kier molecular flexibility index (Phi) is 3.68. The van der Waals surface area contributed by atoms with Crippen LogP contribution in [0.1, 0.15) is 16.7 Å². The third-order valence-electron chi connectivity index (χ3n) is 2.48. The molecular formula is C15H12OS. The molecule has 17 heavy (non-hydrogen) atoms. The summed E-state index contributed by atoms with van der Waals surface area (Å²) in [5, 5.41) is 8.67. The van der Waals surface area contributed by atoms with Crippen LogP contribution < -0.4 is 0 Å². The maximum atomic E-state index is 8.67. The number of hydrogen-bond donors (Lipinski definition) is 1. The van der Waals surface area contributed by atoms with Gasteiger partial charge in [-0.2, -0.15) is 0 Å². The van der Waals surface area contributed by atoms with Gasteiger partial charge in [0.15, 0.2) is 0 Å². The summed E-state index contributed by atoms with van der Waals surface area (Å²) in [5.74, 6) is 0. The van der Waals surface area contributed by atoms with E-state index in [0.29, 0.717) is 0 Å². The molecule has 2 heteroatoms. The second kappa shape index (κ2) is 5.41. The Morgan fingerprint density at radius 1 is 0.882 bits per heavy atom. The van der Waals surface area contributed by atoms with Crippen molar-refractivity contribution in [2.45, 2.75) is 0 Å². The fourth-order valence-corrected chi connectivity index (χ4v) is 1.86. The predicted molar refractivity (Wildman–Crippen MR) is 75.3 cm³/mol. The van der Waals surface area contributed by atoms with Crippen LogP contribution in [0.15, 0.2) is 60.9 Å². The number of aliphatic hydroxyl groups is 1. The molecule has 0 saturated heterocycles. The SMILES string of the molecule is OC=Cc1ccc(C(=S)c2ccccc2)cc1. The van der Waals surface area contributed by atoms with Gasteiger partial charge in [-0.3, -0.25) is 0 Å². The minimum Gasteiger partial charge on any atom is -0.516 e. The van der Waals surface area contributed by atoms with Gasteiger partial charge < -0.3 is 5.11 Å². The normalized spacial score (nSPS) is 10.6. The van der Waals surface area contributed by atoms with Crippen molar-refractivity contribution in [1.29, 1.82) is 0 Å². The Hall–Kier alpha value is -1.93. The van der Waals surface area contributed by atoms with Crippen molar-refractivity contribution in [3.05, 3.63) is 77.5 Å². The summed E-state index contributed by atoms with van der Waals surface area (Å²) in [4.78, 5) is 0.838. The molecule has 0 amide bonds. The van der Waals surface area contributed by atoms with Crippen LogP contribution in [-0.2, 0) is 0 Å². The zero-order valence-electron chi connectivity index (χ0n) is 9.21. The highest BCUT2D eigenvalue weighted by Crippen LogP contribution is 2.12. The second-order valence-electron chi connectivity index (χ2n) is 3.63. The minimum atomic E-state index is 0.838. The van der Waals surface area contributed by atoms with Crippen LogP contribution >= 0.6 is 12.2 Å². The molecule has 0 saturated carbocycles. The van der Waals surface area contributed by atoms with Crippen LogP contribution in [0, 0.1) is 0 Å². The number of hydrogen-bond acceptors (Lipinski definition) is 2. The first-order chi connectivity index (χ1) is 8.31. The first-order valence-electron chi connectivity index (χ1n) is 5.32. The van der Waals surface area contributed by atoms with Crippen LogP contribution in [0.2, 0.25) is 0 Å². The molecule has 0 aliphatic carbocycles. The predicted octanol–water partition coefficient (Wildman–Crippen LogP) is 3.98. The van der Waals surface area contributed by atoms with Crippen molar-refractivity contribution in [2.75, 3.05) is 0 Å². The van der Waals surface area contributed by atoms with Gasteiger partial charge in [0.1, 0.15) is 0 Å². The Morgan fingerprint density at radius 3 is 2.06 bits per heavy atom. The molecule has 0 fully saturated rings. The third-order valence-corrected chi connectivity index (χ3v) is 2.95. The fraction of sp³-hybridized carbons (Fsp3) is 0. The third kappa shape index (κ3) is 2.80. The van der Waals surface area contributed by atoms with Crippen LogP contribution in [0.25, 0.3) is 6.08 Å². The first kappa shape index (κ1) is 11.6. The molecule has 2 rings (SSSR count). The van der Waals surface area contributed by atoms with Crippen LogP contribution in [0.5, 0.6) is 0 Å². The van der Waals surface area contributed by atoms with E-state index in [0.717, 1.165) is 27.8 Å². The second-order valence-corrected chi connectivity index (χ2v) is 4.04. The average Bonchev–Trinajstić information content (AvgIpc) is 2.40. The summed E-state index contributed by atoms with van der Waals surface area (Å²) in [7, 11) is 0. The molecule has 0 aliphatic rings. The zero-order valence-corrected chi connectivity index (χ0v) is 10.0. The van der Waals surface area contributed by atoms with Gasteiger partial charge in [-0.15, -0.1) is 0 Å². The summed E-state index contributed by atoms with van der Waals surface area (Å²) in [6.45, 7) is 0. The summed E-state index contributed by atoms with van der Waals surface area (Å²) in [5.41, 5.74) is 3.02. The van der Waals surface area contributed by atoms with E-state index in [4.69, 9.17) is 17.3 Å². The maximum Gasteiger partial charge on any atom is 0.0797 e. The molecule has 1 N–H and O–H groups in total. The van der Waals surface area contributed by atoms with E-state index in [1.54, 1.807) is 6.08 Å². The quantitative estimate of drug-likeness (QED) is 0.497. The van der Waals surface area contributed by atoms with Gasteiger partial charge >= 0.3 is 0 Å². The van der Waals surface area contributed by atoms with E-state index < -0.39 is 0 Å². The lowest BCUT2D eigenvalue weighted by Gasteiger charge is -2.04. The van der Waals surface area contributed by atoms with E-state index in [9.17, 15) is 0 Å². The molecule has 0 radical (unpaired) electrons. The molecule has 0 atom stereocenters. The molecule has 84 valence electrons. The monoisotopic (exact) mass is 240 g/mol. The fourth-order valence-electron chi connectivity index (χ4n) is 1.59. The molecule has 0 spiro atoms. The molecule has 2 aromatic rings. The Morgan fingerprint density at radius 2 is 1.47 bits per heavy atom. The van der Waals surface area contributed by atoms with Gasteiger partial charge in [-0.25, -0.2) is 0 Å². The lowest BCUT2D eigenvalue weighted by atomic mass is 10.0. The van der Waals surface area contributed by atoms with Crippen molar-refractivity contribution in [3.63, 3.8) is 0 Å². The first-order valence-corrected chi connectivity index (χ1v) is 5.72. The molecule has 0 aromatic heterocycles. The number of benzene rings is 2. The summed E-state index contributed by atoms with van der Waals surface area (Å²) < 4.78 is 0. The summed E-state index contributed by atoms with van der Waals surface area (Å²) in [6.07, 6.45) is 2.67. The number of aliphatic hydroxyl groups excluding tert-OH is 1. The van der Waals surface area contributed by atoms with Gasteiger partial charge in [-0.05, 0) is 22.8 Å². The van der Waals surface area contributed by atoms with Crippen molar-refractivity contribution in [2.24, 2.45) is 0 Å². The molecular weight excluding hydrogens is 228 g/mol. The van der Waals surface area contributed by atoms with Crippen molar-refractivity contribution in [1.82, 2.24) is 0 Å². The van der Waals surface area contributed by atoms with E-state index in [1.165, 1.54) is 0 Å². The highest BCUT2D eigenvalue weighted by molar-refractivity contribution is 7.81. The van der Waals surface area contributed by atoms with E-state index in [2.05, 4.69) is 0 Å². The van der Waals surface area contributed by atoms with E-state index in [1.807, 2.05) is 54.6 Å². The topological polar surface area (TPSA) is 20.2 Å².